The molecule has 6 atom stereocenters. The molecule has 2 bridgehead atoms. The summed E-state index contributed by atoms with van der Waals surface area (Å²) in [5.74, 6) is -0.437. The molecular weight excluding hydrogens is 378 g/mol. The minimum atomic E-state index is -0.565. The molecule has 9 heteroatoms. The molecule has 6 rings (SSSR count). The standard InChI is InChI=1S/C20H19N3O6/c1-29-15-6-9(23(27)28)2-5-14(15)21-16(24)8-22-19(25)17-10-3-4-11(13-7-12(10)13)18(17)20(22)26/h2-6,10-13,17-18H,7-8H2,1H3,(H,21,24)/t10-,11-,12-,13-,17-,18+/m0/s1. The topological polar surface area (TPSA) is 119 Å². The van der Waals surface area contributed by atoms with E-state index in [0.29, 0.717) is 11.8 Å². The van der Waals surface area contributed by atoms with Crippen LogP contribution in [-0.4, -0.2) is 41.2 Å². The van der Waals surface area contributed by atoms with Gasteiger partial charge in [-0.1, -0.05) is 12.2 Å². The summed E-state index contributed by atoms with van der Waals surface area (Å²) in [5.41, 5.74) is 0.0676. The van der Waals surface area contributed by atoms with E-state index in [4.69, 9.17) is 4.74 Å². The van der Waals surface area contributed by atoms with Crippen molar-refractivity contribution < 1.29 is 24.0 Å². The second kappa shape index (κ2) is 6.13. The number of methoxy groups -OCH3 is 1. The number of nitrogens with one attached hydrogen (secondary N) is 1. The first-order valence-corrected chi connectivity index (χ1v) is 9.56. The maximum Gasteiger partial charge on any atom is 0.273 e. The number of benzene rings is 1. The van der Waals surface area contributed by atoms with Crippen molar-refractivity contribution in [2.45, 2.75) is 6.42 Å². The molecule has 1 heterocycles. The number of likely N-dealkylation sites (tertiary alicyclic amines) is 1. The van der Waals surface area contributed by atoms with Gasteiger partial charge in [0.05, 0.1) is 35.6 Å². The molecule has 4 aliphatic carbocycles. The molecule has 3 fully saturated rings. The van der Waals surface area contributed by atoms with E-state index in [2.05, 4.69) is 17.5 Å². The third-order valence-corrected chi connectivity index (χ3v) is 6.73. The molecule has 29 heavy (non-hydrogen) atoms. The quantitative estimate of drug-likeness (QED) is 0.349. The Kier molecular flexibility index (Phi) is 3.77. The van der Waals surface area contributed by atoms with Crippen molar-refractivity contribution in [2.75, 3.05) is 19.0 Å². The van der Waals surface area contributed by atoms with Crippen LogP contribution in [0, 0.1) is 45.6 Å². The summed E-state index contributed by atoms with van der Waals surface area (Å²) < 4.78 is 5.10. The Balaban J connectivity index is 1.32. The van der Waals surface area contributed by atoms with Crippen molar-refractivity contribution >= 4 is 29.1 Å². The lowest BCUT2D eigenvalue weighted by molar-refractivity contribution is -0.384. The molecule has 0 spiro atoms. The SMILES string of the molecule is COc1cc([N+](=O)[O-])ccc1NC(=O)CN1C(=O)[C@@H]2[C@H]3C=C[C@@H]([C@@H]4C[C@@H]34)[C@@H]2C1=O. The fraction of sp³-hybridized carbons (Fsp3) is 0.450. The molecule has 2 saturated carbocycles. The van der Waals surface area contributed by atoms with Crippen LogP contribution in [0.15, 0.2) is 30.4 Å². The van der Waals surface area contributed by atoms with E-state index >= 15 is 0 Å². The molecule has 1 aromatic rings. The van der Waals surface area contributed by atoms with E-state index in [1.165, 1.54) is 25.3 Å². The Morgan fingerprint density at radius 2 is 1.83 bits per heavy atom. The highest BCUT2D eigenvalue weighted by atomic mass is 16.6. The van der Waals surface area contributed by atoms with Crippen molar-refractivity contribution in [1.82, 2.24) is 4.90 Å². The maximum atomic E-state index is 12.9. The summed E-state index contributed by atoms with van der Waals surface area (Å²) in [5, 5.41) is 13.5. The molecule has 0 radical (unpaired) electrons. The second-order valence-corrected chi connectivity index (χ2v) is 8.11. The zero-order chi connectivity index (χ0) is 20.4. The first-order valence-electron chi connectivity index (χ1n) is 9.56. The minimum Gasteiger partial charge on any atom is -0.494 e. The monoisotopic (exact) mass is 397 g/mol. The molecular formula is C20H19N3O6. The van der Waals surface area contributed by atoms with Crippen LogP contribution in [0.3, 0.4) is 0 Å². The van der Waals surface area contributed by atoms with Crippen LogP contribution < -0.4 is 10.1 Å². The Morgan fingerprint density at radius 1 is 1.21 bits per heavy atom. The van der Waals surface area contributed by atoms with Gasteiger partial charge >= 0.3 is 0 Å². The first kappa shape index (κ1) is 17.8. The smallest absolute Gasteiger partial charge is 0.273 e. The van der Waals surface area contributed by atoms with Gasteiger partial charge in [-0.05, 0) is 36.2 Å². The van der Waals surface area contributed by atoms with Crippen LogP contribution >= 0.6 is 0 Å². The van der Waals surface area contributed by atoms with E-state index in [9.17, 15) is 24.5 Å². The van der Waals surface area contributed by atoms with Crippen LogP contribution in [0.1, 0.15) is 6.42 Å². The average Bonchev–Trinajstić information content (AvgIpc) is 3.49. The van der Waals surface area contributed by atoms with Crippen LogP contribution in [0.4, 0.5) is 11.4 Å². The summed E-state index contributed by atoms with van der Waals surface area (Å²) in [6.45, 7) is -0.375. The Hall–Kier alpha value is -3.23. The van der Waals surface area contributed by atoms with Gasteiger partial charge in [0.25, 0.3) is 5.69 Å². The number of nitrogens with zero attached hydrogens (tertiary/aromatic N) is 2. The number of ether oxygens (including phenoxy) is 1. The predicted molar refractivity (Wildman–Crippen MR) is 99.7 cm³/mol. The van der Waals surface area contributed by atoms with Gasteiger partial charge in [-0.3, -0.25) is 29.4 Å². The third kappa shape index (κ3) is 2.56. The third-order valence-electron chi connectivity index (χ3n) is 6.73. The molecule has 1 saturated heterocycles. The van der Waals surface area contributed by atoms with E-state index < -0.39 is 10.8 Å². The maximum absolute atomic E-state index is 12.9. The Bertz CT molecular complexity index is 952. The average molecular weight is 397 g/mol. The number of nitro benzene ring substituents is 1. The van der Waals surface area contributed by atoms with Crippen LogP contribution in [0.2, 0.25) is 0 Å². The van der Waals surface area contributed by atoms with Gasteiger partial charge in [0.2, 0.25) is 17.7 Å². The van der Waals surface area contributed by atoms with Gasteiger partial charge in [-0.15, -0.1) is 0 Å². The lowest BCUT2D eigenvalue weighted by atomic mass is 9.63. The molecule has 0 aromatic heterocycles. The largest absolute Gasteiger partial charge is 0.494 e. The molecule has 1 aliphatic heterocycles. The second-order valence-electron chi connectivity index (χ2n) is 8.11. The van der Waals surface area contributed by atoms with Crippen LogP contribution in [-0.2, 0) is 14.4 Å². The number of amides is 3. The summed E-state index contributed by atoms with van der Waals surface area (Å²) in [7, 11) is 1.33. The highest BCUT2D eigenvalue weighted by Gasteiger charge is 2.67. The molecule has 3 amide bonds. The van der Waals surface area contributed by atoms with Gasteiger partial charge in [-0.2, -0.15) is 0 Å². The van der Waals surface area contributed by atoms with Crippen molar-refractivity contribution in [3.63, 3.8) is 0 Å². The van der Waals surface area contributed by atoms with E-state index in [1.807, 2.05) is 0 Å². The van der Waals surface area contributed by atoms with Gasteiger partial charge in [0, 0.05) is 6.07 Å². The van der Waals surface area contributed by atoms with Gasteiger partial charge in [0.15, 0.2) is 0 Å². The predicted octanol–water partition coefficient (Wildman–Crippen LogP) is 1.59. The summed E-state index contributed by atoms with van der Waals surface area (Å²) >= 11 is 0. The van der Waals surface area contributed by atoms with Crippen molar-refractivity contribution in [3.05, 3.63) is 40.5 Å². The first-order chi connectivity index (χ1) is 13.9. The van der Waals surface area contributed by atoms with Gasteiger partial charge in [-0.25, -0.2) is 0 Å². The van der Waals surface area contributed by atoms with Gasteiger partial charge in [0.1, 0.15) is 12.3 Å². The highest BCUT2D eigenvalue weighted by Crippen LogP contribution is 2.65. The van der Waals surface area contributed by atoms with Crippen molar-refractivity contribution in [1.29, 1.82) is 0 Å². The lowest BCUT2D eigenvalue weighted by Crippen LogP contribution is -2.40. The fourth-order valence-electron chi connectivity index (χ4n) is 5.40. The summed E-state index contributed by atoms with van der Waals surface area (Å²) in [4.78, 5) is 49.8. The number of nitro groups is 1. The Morgan fingerprint density at radius 3 is 2.38 bits per heavy atom. The number of carbonyl (C=O) groups is 3. The van der Waals surface area contributed by atoms with Crippen molar-refractivity contribution in [2.24, 2.45) is 35.5 Å². The number of rotatable bonds is 5. The van der Waals surface area contributed by atoms with E-state index in [0.717, 1.165) is 11.3 Å². The number of allylic oxidation sites excluding steroid dienone is 2. The number of hydrogen-bond acceptors (Lipinski definition) is 6. The van der Waals surface area contributed by atoms with E-state index in [-0.39, 0.29) is 59.2 Å². The Labute approximate surface area is 165 Å². The van der Waals surface area contributed by atoms with Crippen LogP contribution in [0.25, 0.3) is 0 Å². The highest BCUT2D eigenvalue weighted by molar-refractivity contribution is 6.09. The number of carbonyl (C=O) groups excluding carboxylic acids is 3. The van der Waals surface area contributed by atoms with Gasteiger partial charge < -0.3 is 10.1 Å². The number of non-ortho nitro benzene ring substituents is 1. The fourth-order valence-corrected chi connectivity index (χ4v) is 5.40. The van der Waals surface area contributed by atoms with E-state index in [1.54, 1.807) is 0 Å². The molecule has 150 valence electrons. The molecule has 9 nitrogen and oxygen atoms in total. The minimum absolute atomic E-state index is 0.106. The molecule has 5 aliphatic rings. The number of imide groups is 1. The normalized spacial score (nSPS) is 33.3. The summed E-state index contributed by atoms with van der Waals surface area (Å²) in [6, 6.07) is 3.81. The molecule has 1 aromatic carbocycles. The molecule has 0 unspecified atom stereocenters. The molecule has 1 N–H and O–H groups in total. The number of anilines is 1. The zero-order valence-corrected chi connectivity index (χ0v) is 15.6. The number of hydrogen-bond donors (Lipinski definition) is 1. The van der Waals surface area contributed by atoms with Crippen LogP contribution in [0.5, 0.6) is 5.75 Å². The summed E-state index contributed by atoms with van der Waals surface area (Å²) in [6.07, 6.45) is 5.24. The zero-order valence-electron chi connectivity index (χ0n) is 15.6. The van der Waals surface area contributed by atoms with Crippen molar-refractivity contribution in [3.8, 4) is 5.75 Å². The lowest BCUT2D eigenvalue weighted by Gasteiger charge is -2.37.